The summed E-state index contributed by atoms with van der Waals surface area (Å²) in [6, 6.07) is 4.53. The molecule has 1 aromatic rings. The smallest absolute Gasteiger partial charge is 0.282 e. The fraction of sp³-hybridized carbons (Fsp3) is 0.364. The monoisotopic (exact) mass is 305 g/mol. The van der Waals surface area contributed by atoms with E-state index in [1.54, 1.807) is 13.1 Å². The number of nitrogens with zero attached hydrogens (tertiary/aromatic N) is 1. The van der Waals surface area contributed by atoms with Crippen molar-refractivity contribution < 1.29 is 9.72 Å². The number of carbonyl (C=O) groups is 1. The molecule has 0 saturated carbocycles. The van der Waals surface area contributed by atoms with E-state index >= 15 is 0 Å². The molecule has 1 amide bonds. The molecule has 0 radical (unpaired) electrons. The van der Waals surface area contributed by atoms with Crippen molar-refractivity contribution in [2.45, 2.75) is 4.90 Å². The molecule has 0 spiro atoms. The highest BCUT2D eigenvalue weighted by Crippen LogP contribution is 2.24. The summed E-state index contributed by atoms with van der Waals surface area (Å²) in [4.78, 5) is 23.0. The third-order valence-corrected chi connectivity index (χ3v) is 3.03. The molecule has 8 heteroatoms. The van der Waals surface area contributed by atoms with E-state index in [0.29, 0.717) is 13.1 Å². The van der Waals surface area contributed by atoms with Crippen LogP contribution < -0.4 is 10.6 Å². The van der Waals surface area contributed by atoms with Crippen molar-refractivity contribution in [3.8, 4) is 0 Å². The highest BCUT2D eigenvalue weighted by molar-refractivity contribution is 7.98. The summed E-state index contributed by atoms with van der Waals surface area (Å²) in [6.07, 6.45) is 1.85. The number of thioether (sulfide) groups is 1. The first kappa shape index (κ1) is 17.7. The molecule has 6 nitrogen and oxygen atoms in total. The van der Waals surface area contributed by atoms with E-state index in [9.17, 15) is 14.9 Å². The Hall–Kier alpha value is -1.31. The molecule has 1 aromatic carbocycles. The number of rotatable bonds is 6. The summed E-state index contributed by atoms with van der Waals surface area (Å²) in [5.41, 5.74) is -0.0716. The van der Waals surface area contributed by atoms with Crippen LogP contribution in [0.5, 0.6) is 0 Å². The van der Waals surface area contributed by atoms with E-state index < -0.39 is 10.8 Å². The third-order valence-electron chi connectivity index (χ3n) is 2.31. The van der Waals surface area contributed by atoms with Gasteiger partial charge in [-0.2, -0.15) is 0 Å². The van der Waals surface area contributed by atoms with Gasteiger partial charge >= 0.3 is 0 Å². The predicted molar refractivity (Wildman–Crippen MR) is 78.4 cm³/mol. The molecule has 1 rings (SSSR count). The van der Waals surface area contributed by atoms with E-state index in [1.165, 1.54) is 23.9 Å². The molecule has 2 N–H and O–H groups in total. The number of likely N-dealkylation sites (N-methyl/N-ethyl adjacent to an activating group) is 1. The lowest BCUT2D eigenvalue weighted by Crippen LogP contribution is -2.30. The maximum atomic E-state index is 11.9. The van der Waals surface area contributed by atoms with E-state index in [0.717, 1.165) is 4.90 Å². The normalized spacial score (nSPS) is 9.58. The Balaban J connectivity index is 0.00000324. The topological polar surface area (TPSA) is 84.3 Å². The van der Waals surface area contributed by atoms with Gasteiger partial charge in [-0.05, 0) is 25.4 Å². The molecule has 0 saturated heterocycles. The number of amides is 1. The Morgan fingerprint density at radius 1 is 1.42 bits per heavy atom. The average molecular weight is 306 g/mol. The van der Waals surface area contributed by atoms with Gasteiger partial charge in [-0.15, -0.1) is 24.2 Å². The maximum absolute atomic E-state index is 11.9. The van der Waals surface area contributed by atoms with Crippen molar-refractivity contribution in [1.82, 2.24) is 10.6 Å². The lowest BCUT2D eigenvalue weighted by Gasteiger charge is -2.06. The largest absolute Gasteiger partial charge is 0.351 e. The maximum Gasteiger partial charge on any atom is 0.282 e. The number of carbonyl (C=O) groups excluding carboxylic acids is 1. The summed E-state index contributed by atoms with van der Waals surface area (Å²) in [6.45, 7) is 1.04. The first-order chi connectivity index (χ1) is 8.60. The van der Waals surface area contributed by atoms with Gasteiger partial charge in [0.15, 0.2) is 0 Å². The van der Waals surface area contributed by atoms with Crippen molar-refractivity contribution in [2.75, 3.05) is 26.4 Å². The number of nitro groups is 1. The first-order valence-electron chi connectivity index (χ1n) is 5.35. The highest BCUT2D eigenvalue weighted by Gasteiger charge is 2.20. The summed E-state index contributed by atoms with van der Waals surface area (Å²) < 4.78 is 0. The molecule has 106 valence electrons. The minimum absolute atomic E-state index is 0. The average Bonchev–Trinajstić information content (AvgIpc) is 2.38. The number of hydrogen-bond donors (Lipinski definition) is 2. The van der Waals surface area contributed by atoms with Crippen LogP contribution in [0.15, 0.2) is 23.1 Å². The second-order valence-electron chi connectivity index (χ2n) is 3.50. The summed E-state index contributed by atoms with van der Waals surface area (Å²) in [7, 11) is 1.77. The summed E-state index contributed by atoms with van der Waals surface area (Å²) in [5.74, 6) is -0.423. The molecule has 0 bridgehead atoms. The zero-order chi connectivity index (χ0) is 13.5. The van der Waals surface area contributed by atoms with Crippen molar-refractivity contribution in [3.63, 3.8) is 0 Å². The van der Waals surface area contributed by atoms with Crippen molar-refractivity contribution in [1.29, 1.82) is 0 Å². The fourth-order valence-electron chi connectivity index (χ4n) is 1.38. The molecule has 0 atom stereocenters. The van der Waals surface area contributed by atoms with E-state index in [-0.39, 0.29) is 23.7 Å². The zero-order valence-corrected chi connectivity index (χ0v) is 12.3. The van der Waals surface area contributed by atoms with Crippen LogP contribution in [0.1, 0.15) is 10.4 Å². The van der Waals surface area contributed by atoms with Crippen LogP contribution in [-0.2, 0) is 0 Å². The zero-order valence-electron chi connectivity index (χ0n) is 10.6. The van der Waals surface area contributed by atoms with Gasteiger partial charge in [0.05, 0.1) is 4.92 Å². The quantitative estimate of drug-likeness (QED) is 0.361. The Labute approximate surface area is 121 Å². The number of halogens is 1. The second-order valence-corrected chi connectivity index (χ2v) is 4.38. The van der Waals surface area contributed by atoms with Crippen LogP contribution in [0, 0.1) is 10.1 Å². The van der Waals surface area contributed by atoms with Crippen molar-refractivity contribution in [2.24, 2.45) is 0 Å². The minimum atomic E-state index is -0.545. The van der Waals surface area contributed by atoms with Crippen LogP contribution in [0.2, 0.25) is 0 Å². The SMILES string of the molecule is CNCCNC(=O)c1cc(SC)ccc1[N+](=O)[O-].Cl. The molecule has 0 aromatic heterocycles. The van der Waals surface area contributed by atoms with Crippen molar-refractivity contribution in [3.05, 3.63) is 33.9 Å². The molecular formula is C11H16ClN3O3S. The van der Waals surface area contributed by atoms with Gasteiger partial charge in [0, 0.05) is 24.1 Å². The minimum Gasteiger partial charge on any atom is -0.351 e. The Bertz CT molecular complexity index is 457. The molecule has 0 aliphatic heterocycles. The molecule has 0 unspecified atom stereocenters. The Morgan fingerprint density at radius 3 is 2.63 bits per heavy atom. The van der Waals surface area contributed by atoms with Gasteiger partial charge in [-0.1, -0.05) is 0 Å². The second kappa shape index (κ2) is 8.73. The molecular weight excluding hydrogens is 290 g/mol. The Kier molecular flexibility index (Phi) is 8.13. The van der Waals surface area contributed by atoms with Gasteiger partial charge in [0.2, 0.25) is 0 Å². The van der Waals surface area contributed by atoms with Crippen LogP contribution in [-0.4, -0.2) is 37.2 Å². The van der Waals surface area contributed by atoms with E-state index in [1.807, 2.05) is 6.26 Å². The van der Waals surface area contributed by atoms with Gasteiger partial charge in [-0.3, -0.25) is 14.9 Å². The summed E-state index contributed by atoms with van der Waals surface area (Å²) in [5, 5.41) is 16.4. The molecule has 0 heterocycles. The lowest BCUT2D eigenvalue weighted by molar-refractivity contribution is -0.385. The lowest BCUT2D eigenvalue weighted by atomic mass is 10.1. The standard InChI is InChI=1S/C11H15N3O3S.ClH/c1-12-5-6-13-11(15)9-7-8(18-2)3-4-10(9)14(16)17;/h3-4,7,12H,5-6H2,1-2H3,(H,13,15);1H. The third kappa shape index (κ3) is 5.06. The first-order valence-corrected chi connectivity index (χ1v) is 6.58. The van der Waals surface area contributed by atoms with Gasteiger partial charge < -0.3 is 10.6 Å². The van der Waals surface area contributed by atoms with Crippen LogP contribution >= 0.6 is 24.2 Å². The van der Waals surface area contributed by atoms with E-state index in [2.05, 4.69) is 10.6 Å². The Morgan fingerprint density at radius 2 is 2.11 bits per heavy atom. The van der Waals surface area contributed by atoms with Crippen molar-refractivity contribution >= 4 is 35.8 Å². The number of hydrogen-bond acceptors (Lipinski definition) is 5. The van der Waals surface area contributed by atoms with Gasteiger partial charge in [0.1, 0.15) is 5.56 Å². The number of nitro benzene ring substituents is 1. The summed E-state index contributed by atoms with van der Waals surface area (Å²) >= 11 is 1.43. The van der Waals surface area contributed by atoms with E-state index in [4.69, 9.17) is 0 Å². The predicted octanol–water partition coefficient (Wildman–Crippen LogP) is 1.69. The van der Waals surface area contributed by atoms with Crippen LogP contribution in [0.4, 0.5) is 5.69 Å². The number of benzene rings is 1. The molecule has 19 heavy (non-hydrogen) atoms. The van der Waals surface area contributed by atoms with Crippen LogP contribution in [0.3, 0.4) is 0 Å². The molecule has 0 aliphatic rings. The van der Waals surface area contributed by atoms with Gasteiger partial charge in [0.25, 0.3) is 11.6 Å². The molecule has 0 fully saturated rings. The number of nitrogens with one attached hydrogen (secondary N) is 2. The van der Waals surface area contributed by atoms with Crippen LogP contribution in [0.25, 0.3) is 0 Å². The highest BCUT2D eigenvalue weighted by atomic mass is 35.5. The molecule has 0 aliphatic carbocycles. The van der Waals surface area contributed by atoms with Gasteiger partial charge in [-0.25, -0.2) is 0 Å². The fourth-order valence-corrected chi connectivity index (χ4v) is 1.82.